The van der Waals surface area contributed by atoms with E-state index in [1.165, 1.54) is 30.0 Å². The zero-order chi connectivity index (χ0) is 23.1. The van der Waals surface area contributed by atoms with Crippen LogP contribution in [0.25, 0.3) is 11.4 Å². The van der Waals surface area contributed by atoms with Crippen molar-refractivity contribution in [2.75, 3.05) is 12.9 Å². The van der Waals surface area contributed by atoms with E-state index in [9.17, 15) is 18.0 Å². The smallest absolute Gasteiger partial charge is 0.496 e. The second-order valence-corrected chi connectivity index (χ2v) is 7.41. The number of nitrogens with one attached hydrogen (secondary N) is 1. The summed E-state index contributed by atoms with van der Waals surface area (Å²) in [5.74, 6) is 0.586. The van der Waals surface area contributed by atoms with Crippen molar-refractivity contribution in [2.45, 2.75) is 31.5 Å². The van der Waals surface area contributed by atoms with E-state index in [0.29, 0.717) is 23.3 Å². The third-order valence-electron chi connectivity index (χ3n) is 4.39. The molecule has 11 heteroatoms. The molecule has 3 rings (SSSR count). The van der Waals surface area contributed by atoms with Crippen LogP contribution < -0.4 is 14.8 Å². The molecule has 1 amide bonds. The third-order valence-corrected chi connectivity index (χ3v) is 5.35. The Kier molecular flexibility index (Phi) is 7.62. The molecule has 170 valence electrons. The van der Waals surface area contributed by atoms with Crippen molar-refractivity contribution >= 4 is 17.7 Å². The molecule has 0 aliphatic heterocycles. The third kappa shape index (κ3) is 5.94. The first-order chi connectivity index (χ1) is 15.3. The number of para-hydroxylation sites is 2. The normalized spacial score (nSPS) is 11.3. The first-order valence-electron chi connectivity index (χ1n) is 9.62. The summed E-state index contributed by atoms with van der Waals surface area (Å²) in [5, 5.41) is 11.6. The molecule has 0 aliphatic carbocycles. The summed E-state index contributed by atoms with van der Waals surface area (Å²) in [6, 6.07) is 13.1. The molecule has 0 fully saturated rings. The number of nitrogens with zero attached hydrogens (tertiary/aromatic N) is 3. The summed E-state index contributed by atoms with van der Waals surface area (Å²) in [6.07, 6.45) is -4.81. The van der Waals surface area contributed by atoms with E-state index in [1.807, 2.05) is 35.8 Å². The monoisotopic (exact) mass is 466 g/mol. The molecule has 0 saturated carbocycles. The quantitative estimate of drug-likeness (QED) is 0.475. The molecular formula is C21H21F3N4O3S. The number of amides is 1. The summed E-state index contributed by atoms with van der Waals surface area (Å²) in [6.45, 7) is 2.41. The number of carbonyl (C=O) groups excluding carboxylic acids is 1. The van der Waals surface area contributed by atoms with Gasteiger partial charge in [-0.2, -0.15) is 0 Å². The van der Waals surface area contributed by atoms with E-state index >= 15 is 0 Å². The maximum absolute atomic E-state index is 12.5. The molecular weight excluding hydrogens is 445 g/mol. The summed E-state index contributed by atoms with van der Waals surface area (Å²) in [5.41, 5.74) is 1.00. The number of ether oxygens (including phenoxy) is 2. The molecule has 0 aliphatic rings. The first kappa shape index (κ1) is 23.5. The molecule has 1 N–H and O–H groups in total. The maximum Gasteiger partial charge on any atom is 0.573 e. The topological polar surface area (TPSA) is 78.3 Å². The standard InChI is InChI=1S/C21H21F3N4O3S/c1-3-28-19(15-9-5-7-11-17(15)30-2)26-27-20(28)32-13-18(29)25-12-14-8-4-6-10-16(14)31-21(22,23)24/h4-11H,3,12-13H2,1-2H3,(H,25,29). The molecule has 0 atom stereocenters. The van der Waals surface area contributed by atoms with Crippen LogP contribution in [0.1, 0.15) is 12.5 Å². The fourth-order valence-corrected chi connectivity index (χ4v) is 3.79. The van der Waals surface area contributed by atoms with E-state index in [0.717, 1.165) is 5.56 Å². The molecule has 1 aromatic heterocycles. The predicted molar refractivity (Wildman–Crippen MR) is 113 cm³/mol. The zero-order valence-corrected chi connectivity index (χ0v) is 18.2. The van der Waals surface area contributed by atoms with Crippen LogP contribution >= 0.6 is 11.8 Å². The van der Waals surface area contributed by atoms with Gasteiger partial charge in [0, 0.05) is 18.7 Å². The summed E-state index contributed by atoms with van der Waals surface area (Å²) >= 11 is 1.18. The van der Waals surface area contributed by atoms with E-state index in [4.69, 9.17) is 4.74 Å². The van der Waals surface area contributed by atoms with E-state index in [1.54, 1.807) is 13.2 Å². The Bertz CT molecular complexity index is 1070. The van der Waals surface area contributed by atoms with Crippen molar-refractivity contribution < 1.29 is 27.4 Å². The number of carbonyl (C=O) groups is 1. The van der Waals surface area contributed by atoms with Gasteiger partial charge in [-0.25, -0.2) is 0 Å². The van der Waals surface area contributed by atoms with Crippen LogP contribution in [-0.4, -0.2) is 39.9 Å². The molecule has 32 heavy (non-hydrogen) atoms. The SMILES string of the molecule is CCn1c(SCC(=O)NCc2ccccc2OC(F)(F)F)nnc1-c1ccccc1OC. The van der Waals surface area contributed by atoms with E-state index in [-0.39, 0.29) is 29.5 Å². The summed E-state index contributed by atoms with van der Waals surface area (Å²) in [4.78, 5) is 12.3. The number of hydrogen-bond acceptors (Lipinski definition) is 6. The van der Waals surface area contributed by atoms with Gasteiger partial charge in [0.25, 0.3) is 0 Å². The summed E-state index contributed by atoms with van der Waals surface area (Å²) < 4.78 is 48.9. The number of benzene rings is 2. The average molecular weight is 466 g/mol. The number of halogens is 3. The van der Waals surface area contributed by atoms with Gasteiger partial charge in [-0.15, -0.1) is 23.4 Å². The molecule has 0 saturated heterocycles. The van der Waals surface area contributed by atoms with Gasteiger partial charge in [0.2, 0.25) is 5.91 Å². The molecule has 0 radical (unpaired) electrons. The second-order valence-electron chi connectivity index (χ2n) is 6.47. The van der Waals surface area contributed by atoms with Crippen molar-refractivity contribution in [1.29, 1.82) is 0 Å². The first-order valence-corrected chi connectivity index (χ1v) is 10.6. The molecule has 0 unspecified atom stereocenters. The van der Waals surface area contributed by atoms with E-state index < -0.39 is 6.36 Å². The Balaban J connectivity index is 1.63. The lowest BCUT2D eigenvalue weighted by molar-refractivity contribution is -0.274. The second kappa shape index (κ2) is 10.4. The molecule has 7 nitrogen and oxygen atoms in total. The fraction of sp³-hybridized carbons (Fsp3) is 0.286. The van der Waals surface area contributed by atoms with Crippen LogP contribution in [0.4, 0.5) is 13.2 Å². The fourth-order valence-electron chi connectivity index (χ4n) is 2.96. The molecule has 0 spiro atoms. The van der Waals surface area contributed by atoms with Crippen LogP contribution in [0, 0.1) is 0 Å². The molecule has 0 bridgehead atoms. The lowest BCUT2D eigenvalue weighted by Crippen LogP contribution is -2.26. The van der Waals surface area contributed by atoms with Gasteiger partial charge in [0.1, 0.15) is 11.5 Å². The van der Waals surface area contributed by atoms with E-state index in [2.05, 4.69) is 20.3 Å². The highest BCUT2D eigenvalue weighted by molar-refractivity contribution is 7.99. The van der Waals surface area contributed by atoms with Crippen LogP contribution in [0.2, 0.25) is 0 Å². The summed E-state index contributed by atoms with van der Waals surface area (Å²) in [7, 11) is 1.57. The van der Waals surface area contributed by atoms with Gasteiger partial charge in [0.05, 0.1) is 18.4 Å². The maximum atomic E-state index is 12.5. The van der Waals surface area contributed by atoms with Crippen molar-refractivity contribution in [3.8, 4) is 22.9 Å². The Morgan fingerprint density at radius 1 is 1.09 bits per heavy atom. The van der Waals surface area contributed by atoms with Crippen molar-refractivity contribution in [1.82, 2.24) is 20.1 Å². The number of thioether (sulfide) groups is 1. The van der Waals surface area contributed by atoms with Crippen molar-refractivity contribution in [2.24, 2.45) is 0 Å². The zero-order valence-electron chi connectivity index (χ0n) is 17.3. The Morgan fingerprint density at radius 3 is 2.47 bits per heavy atom. The Hall–Kier alpha value is -3.21. The van der Waals surface area contributed by atoms with Gasteiger partial charge in [-0.05, 0) is 25.1 Å². The highest BCUT2D eigenvalue weighted by atomic mass is 32.2. The van der Waals surface area contributed by atoms with Gasteiger partial charge in [-0.3, -0.25) is 4.79 Å². The number of methoxy groups -OCH3 is 1. The van der Waals surface area contributed by atoms with Crippen molar-refractivity contribution in [3.63, 3.8) is 0 Å². The van der Waals surface area contributed by atoms with Gasteiger partial charge in [0.15, 0.2) is 11.0 Å². The number of aromatic nitrogens is 3. The Labute approximate surface area is 186 Å². The highest BCUT2D eigenvalue weighted by Crippen LogP contribution is 2.31. The predicted octanol–water partition coefficient (Wildman–Crippen LogP) is 4.28. The van der Waals surface area contributed by atoms with Crippen LogP contribution in [-0.2, 0) is 17.9 Å². The van der Waals surface area contributed by atoms with Crippen LogP contribution in [0.5, 0.6) is 11.5 Å². The highest BCUT2D eigenvalue weighted by Gasteiger charge is 2.32. The Morgan fingerprint density at radius 2 is 1.78 bits per heavy atom. The lowest BCUT2D eigenvalue weighted by atomic mass is 10.2. The number of alkyl halides is 3. The number of rotatable bonds is 9. The van der Waals surface area contributed by atoms with Gasteiger partial charge < -0.3 is 19.4 Å². The minimum absolute atomic E-state index is 0.0202. The molecule has 2 aromatic carbocycles. The molecule has 1 heterocycles. The van der Waals surface area contributed by atoms with Crippen LogP contribution in [0.15, 0.2) is 53.7 Å². The average Bonchev–Trinajstić information content (AvgIpc) is 3.18. The van der Waals surface area contributed by atoms with Gasteiger partial charge in [-0.1, -0.05) is 42.1 Å². The van der Waals surface area contributed by atoms with Crippen LogP contribution in [0.3, 0.4) is 0 Å². The minimum atomic E-state index is -4.81. The molecule has 3 aromatic rings. The van der Waals surface area contributed by atoms with Crippen molar-refractivity contribution in [3.05, 3.63) is 54.1 Å². The lowest BCUT2D eigenvalue weighted by Gasteiger charge is -2.13. The largest absolute Gasteiger partial charge is 0.573 e. The minimum Gasteiger partial charge on any atom is -0.496 e. The number of hydrogen-bond donors (Lipinski definition) is 1. The van der Waals surface area contributed by atoms with Gasteiger partial charge >= 0.3 is 6.36 Å².